The fraction of sp³-hybridized carbons (Fsp3) is 0.118. The first kappa shape index (κ1) is 16.8. The Morgan fingerprint density at radius 3 is 2.72 bits per heavy atom. The summed E-state index contributed by atoms with van der Waals surface area (Å²) >= 11 is 0. The van der Waals surface area contributed by atoms with Crippen LogP contribution in [-0.4, -0.2) is 21.1 Å². The highest BCUT2D eigenvalue weighted by atomic mass is 32.2. The maximum absolute atomic E-state index is 11.6. The first-order valence-corrected chi connectivity index (χ1v) is 9.28. The average Bonchev–Trinajstić information content (AvgIpc) is 2.55. The van der Waals surface area contributed by atoms with Gasteiger partial charge in [-0.1, -0.05) is 24.3 Å². The van der Waals surface area contributed by atoms with Crippen molar-refractivity contribution in [2.24, 2.45) is 0 Å². The van der Waals surface area contributed by atoms with Crippen molar-refractivity contribution in [3.05, 3.63) is 65.7 Å². The predicted octanol–water partition coefficient (Wildman–Crippen LogP) is 1.99. The molecule has 0 saturated carbocycles. The number of sulfonamides is 1. The Labute approximate surface area is 145 Å². The summed E-state index contributed by atoms with van der Waals surface area (Å²) < 4.78 is 37.1. The van der Waals surface area contributed by atoms with Gasteiger partial charge in [0.2, 0.25) is 22.3 Å². The number of ether oxygens (including phenoxy) is 2. The van der Waals surface area contributed by atoms with E-state index in [1.807, 2.05) is 12.1 Å². The Bertz CT molecular complexity index is 938. The minimum absolute atomic E-state index is 0.0231. The van der Waals surface area contributed by atoms with Crippen LogP contribution in [0, 0.1) is 0 Å². The maximum Gasteiger partial charge on any atom is 0.246 e. The summed E-state index contributed by atoms with van der Waals surface area (Å²) in [4.78, 5) is 10.6. The SMILES string of the molecule is CS(=O)(=O)NC1=C(Oc2cccc(NC=O)c2)Cc2ccccc2O1. The summed E-state index contributed by atoms with van der Waals surface area (Å²) in [6.07, 6.45) is 1.96. The van der Waals surface area contributed by atoms with Gasteiger partial charge in [0.25, 0.3) is 0 Å². The molecule has 2 aromatic rings. The van der Waals surface area contributed by atoms with Crippen molar-refractivity contribution in [2.75, 3.05) is 11.6 Å². The number of carbonyl (C=O) groups is 1. The molecule has 3 rings (SSSR count). The Morgan fingerprint density at radius 1 is 1.16 bits per heavy atom. The highest BCUT2D eigenvalue weighted by Crippen LogP contribution is 2.31. The van der Waals surface area contributed by atoms with Crippen molar-refractivity contribution in [3.63, 3.8) is 0 Å². The van der Waals surface area contributed by atoms with Gasteiger partial charge in [0.15, 0.2) is 5.76 Å². The van der Waals surface area contributed by atoms with E-state index < -0.39 is 10.0 Å². The Morgan fingerprint density at radius 2 is 1.96 bits per heavy atom. The van der Waals surface area contributed by atoms with Gasteiger partial charge in [-0.05, 0) is 18.2 Å². The van der Waals surface area contributed by atoms with Gasteiger partial charge in [-0.2, -0.15) is 0 Å². The molecule has 2 aromatic carbocycles. The summed E-state index contributed by atoms with van der Waals surface area (Å²) in [7, 11) is -3.54. The van der Waals surface area contributed by atoms with Crippen LogP contribution in [0.4, 0.5) is 5.69 Å². The molecule has 0 spiro atoms. The number of hydrogen-bond donors (Lipinski definition) is 2. The molecule has 0 radical (unpaired) electrons. The van der Waals surface area contributed by atoms with Crippen molar-refractivity contribution in [2.45, 2.75) is 6.42 Å². The summed E-state index contributed by atoms with van der Waals surface area (Å²) in [6.45, 7) is 0. The lowest BCUT2D eigenvalue weighted by Crippen LogP contribution is -2.30. The number of benzene rings is 2. The van der Waals surface area contributed by atoms with E-state index in [0.717, 1.165) is 11.8 Å². The van der Waals surface area contributed by atoms with E-state index in [2.05, 4.69) is 10.0 Å². The van der Waals surface area contributed by atoms with Gasteiger partial charge in [-0.15, -0.1) is 0 Å². The van der Waals surface area contributed by atoms with E-state index in [1.54, 1.807) is 36.4 Å². The van der Waals surface area contributed by atoms with Crippen LogP contribution in [0.15, 0.2) is 60.2 Å². The molecule has 1 heterocycles. The lowest BCUT2D eigenvalue weighted by atomic mass is 10.1. The minimum atomic E-state index is -3.54. The zero-order valence-electron chi connectivity index (χ0n) is 13.4. The van der Waals surface area contributed by atoms with Crippen LogP contribution < -0.4 is 19.5 Å². The molecule has 0 saturated heterocycles. The highest BCUT2D eigenvalue weighted by molar-refractivity contribution is 7.88. The van der Waals surface area contributed by atoms with Gasteiger partial charge in [0.1, 0.15) is 11.5 Å². The number of para-hydroxylation sites is 1. The monoisotopic (exact) mass is 360 g/mol. The van der Waals surface area contributed by atoms with E-state index in [1.165, 1.54) is 0 Å². The number of allylic oxidation sites excluding steroid dienone is 1. The third-order valence-electron chi connectivity index (χ3n) is 3.37. The molecule has 0 bridgehead atoms. The van der Waals surface area contributed by atoms with Gasteiger partial charge in [-0.3, -0.25) is 9.52 Å². The smallest absolute Gasteiger partial charge is 0.246 e. The van der Waals surface area contributed by atoms with Crippen molar-refractivity contribution >= 4 is 22.1 Å². The number of fused-ring (bicyclic) bond motifs is 1. The molecule has 1 aliphatic heterocycles. The van der Waals surface area contributed by atoms with Crippen molar-refractivity contribution in [1.29, 1.82) is 0 Å². The Hall–Kier alpha value is -3.00. The molecule has 0 aromatic heterocycles. The molecule has 0 unspecified atom stereocenters. The van der Waals surface area contributed by atoms with E-state index >= 15 is 0 Å². The van der Waals surface area contributed by atoms with Crippen LogP contribution in [0.3, 0.4) is 0 Å². The normalized spacial score (nSPS) is 13.5. The molecule has 1 amide bonds. The number of anilines is 1. The van der Waals surface area contributed by atoms with Crippen LogP contribution >= 0.6 is 0 Å². The predicted molar refractivity (Wildman–Crippen MR) is 92.5 cm³/mol. The third kappa shape index (κ3) is 4.30. The lowest BCUT2D eigenvalue weighted by molar-refractivity contribution is -0.105. The molecule has 0 atom stereocenters. The fourth-order valence-electron chi connectivity index (χ4n) is 2.36. The van der Waals surface area contributed by atoms with Gasteiger partial charge in [0.05, 0.1) is 6.26 Å². The average molecular weight is 360 g/mol. The summed E-state index contributed by atoms with van der Waals surface area (Å²) in [5.74, 6) is 1.36. The first-order valence-electron chi connectivity index (χ1n) is 7.39. The fourth-order valence-corrected chi connectivity index (χ4v) is 2.85. The molecule has 2 N–H and O–H groups in total. The zero-order chi connectivity index (χ0) is 17.9. The first-order chi connectivity index (χ1) is 11.9. The molecule has 8 heteroatoms. The van der Waals surface area contributed by atoms with Crippen molar-refractivity contribution in [1.82, 2.24) is 4.72 Å². The van der Waals surface area contributed by atoms with E-state index in [4.69, 9.17) is 9.47 Å². The Balaban J connectivity index is 1.94. The summed E-state index contributed by atoms with van der Waals surface area (Å²) in [6, 6.07) is 14.0. The topological polar surface area (TPSA) is 93.7 Å². The van der Waals surface area contributed by atoms with E-state index in [0.29, 0.717) is 35.8 Å². The van der Waals surface area contributed by atoms with Crippen LogP contribution in [0.2, 0.25) is 0 Å². The van der Waals surface area contributed by atoms with Gasteiger partial charge in [0, 0.05) is 23.7 Å². The van der Waals surface area contributed by atoms with Crippen LogP contribution in [-0.2, 0) is 21.2 Å². The Kier molecular flexibility index (Phi) is 4.62. The molecule has 7 nitrogen and oxygen atoms in total. The molecule has 130 valence electrons. The third-order valence-corrected chi connectivity index (χ3v) is 3.92. The van der Waals surface area contributed by atoms with Gasteiger partial charge in [-0.25, -0.2) is 8.42 Å². The molecule has 0 fully saturated rings. The van der Waals surface area contributed by atoms with Gasteiger partial charge >= 0.3 is 0 Å². The quantitative estimate of drug-likeness (QED) is 0.769. The highest BCUT2D eigenvalue weighted by Gasteiger charge is 2.24. The summed E-state index contributed by atoms with van der Waals surface area (Å²) in [5, 5.41) is 2.53. The standard InChI is InChI=1S/C17H16N2O5S/c1-25(21,22)19-17-16(9-12-5-2-3-8-15(12)24-17)23-14-7-4-6-13(10-14)18-11-20/h2-8,10-11,19H,9H2,1H3,(H,18,20). The van der Waals surface area contributed by atoms with Crippen molar-refractivity contribution < 1.29 is 22.7 Å². The van der Waals surface area contributed by atoms with Crippen molar-refractivity contribution in [3.8, 4) is 11.5 Å². The number of rotatable bonds is 6. The second-order valence-electron chi connectivity index (χ2n) is 5.41. The second kappa shape index (κ2) is 6.86. The van der Waals surface area contributed by atoms with E-state index in [9.17, 15) is 13.2 Å². The number of carbonyl (C=O) groups excluding carboxylic acids is 1. The second-order valence-corrected chi connectivity index (χ2v) is 7.15. The van der Waals surface area contributed by atoms with Gasteiger partial charge < -0.3 is 14.8 Å². The number of nitrogens with one attached hydrogen (secondary N) is 2. The summed E-state index contributed by atoms with van der Waals surface area (Å²) in [5.41, 5.74) is 1.43. The maximum atomic E-state index is 11.6. The van der Waals surface area contributed by atoms with E-state index in [-0.39, 0.29) is 5.88 Å². The number of amides is 1. The minimum Gasteiger partial charge on any atom is -0.456 e. The largest absolute Gasteiger partial charge is 0.456 e. The lowest BCUT2D eigenvalue weighted by Gasteiger charge is -2.23. The molecular weight excluding hydrogens is 344 g/mol. The van der Waals surface area contributed by atoms with Crippen LogP contribution in [0.5, 0.6) is 11.5 Å². The zero-order valence-corrected chi connectivity index (χ0v) is 14.2. The van der Waals surface area contributed by atoms with Crippen LogP contribution in [0.25, 0.3) is 0 Å². The molecular formula is C17H16N2O5S. The molecule has 0 aliphatic carbocycles. The molecule has 1 aliphatic rings. The number of hydrogen-bond acceptors (Lipinski definition) is 5. The molecule has 25 heavy (non-hydrogen) atoms. The van der Waals surface area contributed by atoms with Crippen LogP contribution in [0.1, 0.15) is 5.56 Å².